The molecular formula is C9H16N4. The van der Waals surface area contributed by atoms with Crippen molar-refractivity contribution in [1.29, 1.82) is 0 Å². The van der Waals surface area contributed by atoms with Gasteiger partial charge in [0.25, 0.3) is 0 Å². The number of nitrogens with zero attached hydrogens (tertiary/aromatic N) is 3. The van der Waals surface area contributed by atoms with Crippen LogP contribution in [0.1, 0.15) is 31.5 Å². The van der Waals surface area contributed by atoms with E-state index in [9.17, 15) is 0 Å². The Kier molecular flexibility index (Phi) is 2.07. The molecular weight excluding hydrogens is 164 g/mol. The second-order valence-electron chi connectivity index (χ2n) is 4.10. The molecule has 0 unspecified atom stereocenters. The summed E-state index contributed by atoms with van der Waals surface area (Å²) in [6, 6.07) is 0. The molecule has 0 bridgehead atoms. The van der Waals surface area contributed by atoms with E-state index >= 15 is 0 Å². The maximum atomic E-state index is 6.24. The zero-order chi connectivity index (χ0) is 9.31. The normalized spacial score (nSPS) is 20.8. The van der Waals surface area contributed by atoms with Crippen LogP contribution in [0.4, 0.5) is 0 Å². The van der Waals surface area contributed by atoms with Gasteiger partial charge in [-0.3, -0.25) is 0 Å². The van der Waals surface area contributed by atoms with Crippen molar-refractivity contribution in [3.8, 4) is 0 Å². The molecule has 13 heavy (non-hydrogen) atoms. The van der Waals surface area contributed by atoms with E-state index in [1.54, 1.807) is 6.33 Å². The van der Waals surface area contributed by atoms with Crippen LogP contribution >= 0.6 is 0 Å². The molecule has 2 N–H and O–H groups in total. The average molecular weight is 180 g/mol. The van der Waals surface area contributed by atoms with Crippen molar-refractivity contribution in [2.24, 2.45) is 12.8 Å². The summed E-state index contributed by atoms with van der Waals surface area (Å²) in [5.74, 6) is 1.00. The Morgan fingerprint density at radius 2 is 2.23 bits per heavy atom. The van der Waals surface area contributed by atoms with E-state index in [1.807, 2.05) is 11.6 Å². The smallest absolute Gasteiger partial charge is 0.134 e. The van der Waals surface area contributed by atoms with Crippen molar-refractivity contribution in [3.05, 3.63) is 12.2 Å². The second kappa shape index (κ2) is 3.10. The van der Waals surface area contributed by atoms with E-state index in [2.05, 4.69) is 10.2 Å². The Morgan fingerprint density at radius 1 is 1.54 bits per heavy atom. The van der Waals surface area contributed by atoms with E-state index in [0.29, 0.717) is 0 Å². The van der Waals surface area contributed by atoms with Gasteiger partial charge in [-0.05, 0) is 12.8 Å². The Bertz CT molecular complexity index is 286. The SMILES string of the molecule is Cn1cnnc1CC1(N)CCCC1. The summed E-state index contributed by atoms with van der Waals surface area (Å²) in [7, 11) is 1.97. The van der Waals surface area contributed by atoms with Gasteiger partial charge >= 0.3 is 0 Å². The zero-order valence-corrected chi connectivity index (χ0v) is 8.03. The molecule has 72 valence electrons. The molecule has 0 radical (unpaired) electrons. The Hall–Kier alpha value is -0.900. The minimum absolute atomic E-state index is 0.0131. The van der Waals surface area contributed by atoms with Gasteiger partial charge in [0.2, 0.25) is 0 Å². The topological polar surface area (TPSA) is 56.7 Å². The summed E-state index contributed by atoms with van der Waals surface area (Å²) in [6.45, 7) is 0. The summed E-state index contributed by atoms with van der Waals surface area (Å²) in [6.07, 6.45) is 7.36. The monoisotopic (exact) mass is 180 g/mol. The van der Waals surface area contributed by atoms with Gasteiger partial charge in [-0.15, -0.1) is 10.2 Å². The van der Waals surface area contributed by atoms with E-state index in [4.69, 9.17) is 5.73 Å². The molecule has 1 aliphatic carbocycles. The third-order valence-corrected chi connectivity index (χ3v) is 2.91. The van der Waals surface area contributed by atoms with Crippen molar-refractivity contribution in [2.45, 2.75) is 37.6 Å². The van der Waals surface area contributed by atoms with Crippen LogP contribution in [0.25, 0.3) is 0 Å². The predicted octanol–water partition coefficient (Wildman–Crippen LogP) is 0.629. The lowest BCUT2D eigenvalue weighted by Gasteiger charge is -2.22. The van der Waals surface area contributed by atoms with E-state index < -0.39 is 0 Å². The molecule has 1 aromatic rings. The lowest BCUT2D eigenvalue weighted by molar-refractivity contribution is 0.421. The van der Waals surface area contributed by atoms with E-state index in [-0.39, 0.29) is 5.54 Å². The Morgan fingerprint density at radius 3 is 2.77 bits per heavy atom. The molecule has 1 fully saturated rings. The van der Waals surface area contributed by atoms with Gasteiger partial charge in [0.15, 0.2) is 0 Å². The Balaban J connectivity index is 2.09. The van der Waals surface area contributed by atoms with Crippen molar-refractivity contribution < 1.29 is 0 Å². The molecule has 0 amide bonds. The number of hydrogen-bond donors (Lipinski definition) is 1. The average Bonchev–Trinajstić information content (AvgIpc) is 2.64. The molecule has 0 saturated heterocycles. The lowest BCUT2D eigenvalue weighted by atomic mass is 9.94. The second-order valence-corrected chi connectivity index (χ2v) is 4.10. The Labute approximate surface area is 78.1 Å². The first-order valence-corrected chi connectivity index (χ1v) is 4.81. The third kappa shape index (κ3) is 1.72. The van der Waals surface area contributed by atoms with Crippen LogP contribution < -0.4 is 5.73 Å². The molecule has 2 rings (SSSR count). The minimum atomic E-state index is -0.0131. The quantitative estimate of drug-likeness (QED) is 0.726. The molecule has 0 spiro atoms. The number of aromatic nitrogens is 3. The molecule has 4 nitrogen and oxygen atoms in total. The predicted molar refractivity (Wildman–Crippen MR) is 50.1 cm³/mol. The zero-order valence-electron chi connectivity index (χ0n) is 8.03. The molecule has 1 saturated carbocycles. The highest BCUT2D eigenvalue weighted by Gasteiger charge is 2.30. The number of rotatable bonds is 2. The molecule has 0 aliphatic heterocycles. The van der Waals surface area contributed by atoms with Gasteiger partial charge in [-0.1, -0.05) is 12.8 Å². The highest BCUT2D eigenvalue weighted by molar-refractivity contribution is 4.99. The van der Waals surface area contributed by atoms with Crippen molar-refractivity contribution in [1.82, 2.24) is 14.8 Å². The lowest BCUT2D eigenvalue weighted by Crippen LogP contribution is -2.39. The fourth-order valence-electron chi connectivity index (χ4n) is 2.04. The molecule has 1 aromatic heterocycles. The van der Waals surface area contributed by atoms with Gasteiger partial charge in [-0.2, -0.15) is 0 Å². The van der Waals surface area contributed by atoms with Gasteiger partial charge in [0, 0.05) is 19.0 Å². The highest BCUT2D eigenvalue weighted by Crippen LogP contribution is 2.29. The van der Waals surface area contributed by atoms with Crippen LogP contribution in [0.2, 0.25) is 0 Å². The van der Waals surface area contributed by atoms with Gasteiger partial charge in [-0.25, -0.2) is 0 Å². The van der Waals surface area contributed by atoms with E-state index in [0.717, 1.165) is 25.1 Å². The molecule has 1 aliphatic rings. The van der Waals surface area contributed by atoms with Crippen LogP contribution in [0, 0.1) is 0 Å². The molecule has 1 heterocycles. The number of hydrogen-bond acceptors (Lipinski definition) is 3. The van der Waals surface area contributed by atoms with Crippen LogP contribution in [0.3, 0.4) is 0 Å². The first-order chi connectivity index (χ1) is 6.20. The van der Waals surface area contributed by atoms with Crippen LogP contribution in [0.15, 0.2) is 6.33 Å². The van der Waals surface area contributed by atoms with E-state index in [1.165, 1.54) is 12.8 Å². The van der Waals surface area contributed by atoms with Gasteiger partial charge in [0.1, 0.15) is 12.2 Å². The summed E-state index contributed by atoms with van der Waals surface area (Å²) in [5, 5.41) is 7.91. The van der Waals surface area contributed by atoms with Crippen LogP contribution in [-0.2, 0) is 13.5 Å². The third-order valence-electron chi connectivity index (χ3n) is 2.91. The molecule has 4 heteroatoms. The first kappa shape index (κ1) is 8.69. The highest BCUT2D eigenvalue weighted by atomic mass is 15.2. The largest absolute Gasteiger partial charge is 0.325 e. The van der Waals surface area contributed by atoms with Crippen LogP contribution in [0.5, 0.6) is 0 Å². The number of aryl methyl sites for hydroxylation is 1. The number of nitrogens with two attached hydrogens (primary N) is 1. The van der Waals surface area contributed by atoms with Gasteiger partial charge < -0.3 is 10.3 Å². The van der Waals surface area contributed by atoms with Crippen molar-refractivity contribution >= 4 is 0 Å². The fourth-order valence-corrected chi connectivity index (χ4v) is 2.04. The summed E-state index contributed by atoms with van der Waals surface area (Å²) >= 11 is 0. The first-order valence-electron chi connectivity index (χ1n) is 4.81. The van der Waals surface area contributed by atoms with Crippen LogP contribution in [-0.4, -0.2) is 20.3 Å². The molecule has 0 atom stereocenters. The van der Waals surface area contributed by atoms with Crippen molar-refractivity contribution in [2.75, 3.05) is 0 Å². The fraction of sp³-hybridized carbons (Fsp3) is 0.778. The summed E-state index contributed by atoms with van der Waals surface area (Å²) < 4.78 is 1.95. The maximum absolute atomic E-state index is 6.24. The van der Waals surface area contributed by atoms with Crippen molar-refractivity contribution in [3.63, 3.8) is 0 Å². The summed E-state index contributed by atoms with van der Waals surface area (Å²) in [4.78, 5) is 0. The molecule has 0 aromatic carbocycles. The summed E-state index contributed by atoms with van der Waals surface area (Å²) in [5.41, 5.74) is 6.22. The van der Waals surface area contributed by atoms with Gasteiger partial charge in [0.05, 0.1) is 0 Å². The maximum Gasteiger partial charge on any atom is 0.134 e. The minimum Gasteiger partial charge on any atom is -0.325 e. The standard InChI is InChI=1S/C9H16N4/c1-13-7-11-12-8(13)6-9(10)4-2-3-5-9/h7H,2-6,10H2,1H3.